The summed E-state index contributed by atoms with van der Waals surface area (Å²) in [7, 11) is 0. The van der Waals surface area contributed by atoms with E-state index in [4.69, 9.17) is 4.74 Å². The lowest BCUT2D eigenvalue weighted by Gasteiger charge is -2.20. The van der Waals surface area contributed by atoms with Crippen molar-refractivity contribution in [3.63, 3.8) is 0 Å². The van der Waals surface area contributed by atoms with Crippen LogP contribution in [0.5, 0.6) is 0 Å². The number of hydrogen-bond donors (Lipinski definition) is 1. The number of rotatable bonds is 1. The van der Waals surface area contributed by atoms with Gasteiger partial charge >= 0.3 is 6.09 Å². The summed E-state index contributed by atoms with van der Waals surface area (Å²) in [5.41, 5.74) is 0.107. The van der Waals surface area contributed by atoms with Crippen LogP contribution in [0.3, 0.4) is 0 Å². The first-order valence-corrected chi connectivity index (χ1v) is 6.69. The maximum Gasteiger partial charge on any atom is 0.412 e. The molecule has 1 N–H and O–H groups in total. The highest BCUT2D eigenvalue weighted by atomic mass is 79.9. The van der Waals surface area contributed by atoms with Gasteiger partial charge in [-0.2, -0.15) is 0 Å². The largest absolute Gasteiger partial charge is 0.444 e. The van der Waals surface area contributed by atoms with Crippen molar-refractivity contribution < 1.29 is 9.53 Å². The predicted molar refractivity (Wildman–Crippen MR) is 79.3 cm³/mol. The number of nitrogens with zero attached hydrogens (tertiary/aromatic N) is 1. The average molecular weight is 323 g/mol. The summed E-state index contributed by atoms with van der Waals surface area (Å²) in [6.07, 6.45) is 1.12. The van der Waals surface area contributed by atoms with Gasteiger partial charge in [-0.25, -0.2) is 9.78 Å². The van der Waals surface area contributed by atoms with Crippen molar-refractivity contribution in [2.24, 2.45) is 0 Å². The Morgan fingerprint density at radius 2 is 1.89 bits per heavy atom. The van der Waals surface area contributed by atoms with E-state index in [1.165, 1.54) is 0 Å². The van der Waals surface area contributed by atoms with Gasteiger partial charge in [-0.05, 0) is 36.7 Å². The van der Waals surface area contributed by atoms with Crippen molar-refractivity contribution >= 4 is 38.5 Å². The highest BCUT2D eigenvalue weighted by molar-refractivity contribution is 9.10. The van der Waals surface area contributed by atoms with Crippen LogP contribution in [0.4, 0.5) is 10.5 Å². The summed E-state index contributed by atoms with van der Waals surface area (Å²) >= 11 is 3.39. The van der Waals surface area contributed by atoms with E-state index in [1.54, 1.807) is 6.20 Å². The number of benzene rings is 1. The average Bonchev–Trinajstić information content (AvgIpc) is 2.31. The third-order valence-electron chi connectivity index (χ3n) is 2.38. The number of hydrogen-bond acceptors (Lipinski definition) is 3. The number of anilines is 1. The Morgan fingerprint density at radius 3 is 2.53 bits per heavy atom. The Balaban J connectivity index is 2.31. The Bertz CT molecular complexity index is 620. The van der Waals surface area contributed by atoms with Gasteiger partial charge in [0, 0.05) is 10.8 Å². The molecule has 0 spiro atoms. The molecular formula is C14H15BrN2O2. The summed E-state index contributed by atoms with van der Waals surface area (Å²) < 4.78 is 5.98. The molecule has 0 saturated carbocycles. The second-order valence-electron chi connectivity index (χ2n) is 5.14. The van der Waals surface area contributed by atoms with E-state index in [-0.39, 0.29) is 0 Å². The lowest BCUT2D eigenvalue weighted by atomic mass is 10.1. The Hall–Kier alpha value is -1.62. The quantitative estimate of drug-likeness (QED) is 0.794. The molecule has 1 aromatic heterocycles. The first-order valence-electron chi connectivity index (χ1n) is 5.90. The number of nitrogens with one attached hydrogen (secondary N) is 1. The van der Waals surface area contributed by atoms with Crippen molar-refractivity contribution in [1.29, 1.82) is 0 Å². The summed E-state index contributed by atoms with van der Waals surface area (Å²) in [4.78, 5) is 16.0. The maximum absolute atomic E-state index is 11.8. The first kappa shape index (κ1) is 13.8. The predicted octanol–water partition coefficient (Wildman–Crippen LogP) is 4.34. The SMILES string of the molecule is CC(C)(C)OC(=O)Nc1cnc(Br)c2ccccc12. The lowest BCUT2D eigenvalue weighted by Crippen LogP contribution is -2.27. The zero-order valence-corrected chi connectivity index (χ0v) is 12.6. The highest BCUT2D eigenvalue weighted by Crippen LogP contribution is 2.28. The van der Waals surface area contributed by atoms with Crippen molar-refractivity contribution in [2.75, 3.05) is 5.32 Å². The van der Waals surface area contributed by atoms with Gasteiger partial charge in [0.2, 0.25) is 0 Å². The molecule has 1 heterocycles. The molecule has 4 nitrogen and oxygen atoms in total. The molecule has 0 fully saturated rings. The van der Waals surface area contributed by atoms with Crippen LogP contribution in [0, 0.1) is 0 Å². The number of halogens is 1. The second-order valence-corrected chi connectivity index (χ2v) is 5.89. The highest BCUT2D eigenvalue weighted by Gasteiger charge is 2.17. The minimum atomic E-state index is -0.525. The van der Waals surface area contributed by atoms with Gasteiger partial charge in [-0.15, -0.1) is 0 Å². The topological polar surface area (TPSA) is 51.2 Å². The molecular weight excluding hydrogens is 308 g/mol. The van der Waals surface area contributed by atoms with E-state index in [1.807, 2.05) is 45.0 Å². The van der Waals surface area contributed by atoms with Gasteiger partial charge in [0.1, 0.15) is 10.2 Å². The van der Waals surface area contributed by atoms with E-state index in [0.29, 0.717) is 5.69 Å². The van der Waals surface area contributed by atoms with Crippen molar-refractivity contribution in [3.05, 3.63) is 35.1 Å². The fourth-order valence-electron chi connectivity index (χ4n) is 1.67. The normalized spacial score (nSPS) is 11.4. The number of amides is 1. The summed E-state index contributed by atoms with van der Waals surface area (Å²) in [6.45, 7) is 5.47. The van der Waals surface area contributed by atoms with Gasteiger partial charge in [0.15, 0.2) is 0 Å². The minimum absolute atomic E-state index is 0.484. The molecule has 0 saturated heterocycles. The van der Waals surface area contributed by atoms with Crippen molar-refractivity contribution in [1.82, 2.24) is 4.98 Å². The van der Waals surface area contributed by atoms with E-state index in [0.717, 1.165) is 15.4 Å². The molecule has 0 aliphatic rings. The minimum Gasteiger partial charge on any atom is -0.444 e. The summed E-state index contributed by atoms with van der Waals surface area (Å²) in [5, 5.41) is 4.58. The summed E-state index contributed by atoms with van der Waals surface area (Å²) in [6, 6.07) is 7.70. The molecule has 5 heteroatoms. The first-order chi connectivity index (χ1) is 8.87. The molecule has 1 aromatic carbocycles. The van der Waals surface area contributed by atoms with Crippen molar-refractivity contribution in [3.8, 4) is 0 Å². The molecule has 1 amide bonds. The van der Waals surface area contributed by atoms with Crippen LogP contribution in [0.15, 0.2) is 35.1 Å². The second kappa shape index (κ2) is 5.17. The number of carbonyl (C=O) groups is 1. The van der Waals surface area contributed by atoms with Gasteiger partial charge < -0.3 is 4.74 Å². The van der Waals surface area contributed by atoms with Gasteiger partial charge in [0.25, 0.3) is 0 Å². The Kier molecular flexibility index (Phi) is 3.75. The summed E-state index contributed by atoms with van der Waals surface area (Å²) in [5.74, 6) is 0. The molecule has 0 unspecified atom stereocenters. The molecule has 2 aromatic rings. The fraction of sp³-hybridized carbons (Fsp3) is 0.286. The number of fused-ring (bicyclic) bond motifs is 1. The molecule has 0 radical (unpaired) electrons. The molecule has 0 atom stereocenters. The fourth-order valence-corrected chi connectivity index (χ4v) is 2.12. The van der Waals surface area contributed by atoms with Crippen LogP contribution in [-0.2, 0) is 4.74 Å². The van der Waals surface area contributed by atoms with E-state index >= 15 is 0 Å². The van der Waals surface area contributed by atoms with Gasteiger partial charge in [-0.1, -0.05) is 24.3 Å². The molecule has 19 heavy (non-hydrogen) atoms. The molecule has 0 aliphatic carbocycles. The molecule has 100 valence electrons. The monoisotopic (exact) mass is 322 g/mol. The third-order valence-corrected chi connectivity index (χ3v) is 3.01. The smallest absolute Gasteiger partial charge is 0.412 e. The van der Waals surface area contributed by atoms with Crippen LogP contribution in [0.2, 0.25) is 0 Å². The van der Waals surface area contributed by atoms with Crippen LogP contribution in [0.25, 0.3) is 10.8 Å². The van der Waals surface area contributed by atoms with Crippen LogP contribution < -0.4 is 5.32 Å². The standard InChI is InChI=1S/C14H15BrN2O2/c1-14(2,3)19-13(18)17-11-8-16-12(15)10-7-5-4-6-9(10)11/h4-8H,1-3H3,(H,17,18). The lowest BCUT2D eigenvalue weighted by molar-refractivity contribution is 0.0636. The zero-order chi connectivity index (χ0) is 14.0. The van der Waals surface area contributed by atoms with Crippen LogP contribution >= 0.6 is 15.9 Å². The Labute approximate surface area is 120 Å². The molecule has 2 rings (SSSR count). The van der Waals surface area contributed by atoms with E-state index in [2.05, 4.69) is 26.2 Å². The third kappa shape index (κ3) is 3.44. The number of pyridine rings is 1. The molecule has 0 aliphatic heterocycles. The van der Waals surface area contributed by atoms with E-state index < -0.39 is 11.7 Å². The van der Waals surface area contributed by atoms with Gasteiger partial charge in [0.05, 0.1) is 11.9 Å². The van der Waals surface area contributed by atoms with Crippen LogP contribution in [-0.4, -0.2) is 16.7 Å². The zero-order valence-electron chi connectivity index (χ0n) is 11.0. The molecule has 0 bridgehead atoms. The van der Waals surface area contributed by atoms with Gasteiger partial charge in [-0.3, -0.25) is 5.32 Å². The maximum atomic E-state index is 11.8. The van der Waals surface area contributed by atoms with Crippen LogP contribution in [0.1, 0.15) is 20.8 Å². The van der Waals surface area contributed by atoms with E-state index in [9.17, 15) is 4.79 Å². The van der Waals surface area contributed by atoms with Crippen molar-refractivity contribution in [2.45, 2.75) is 26.4 Å². The number of aromatic nitrogens is 1. The number of carbonyl (C=O) groups excluding carboxylic acids is 1. The Morgan fingerprint density at radius 1 is 1.26 bits per heavy atom. The number of ether oxygens (including phenoxy) is 1.